The Morgan fingerprint density at radius 3 is 1.06 bits per heavy atom. The number of nitrogens with zero attached hydrogens (tertiary/aromatic N) is 12. The van der Waals surface area contributed by atoms with E-state index >= 15 is 0 Å². The lowest BCUT2D eigenvalue weighted by Crippen LogP contribution is -2.41. The Labute approximate surface area is 672 Å². The molecular formula is C88H116N20O6. The van der Waals surface area contributed by atoms with Crippen LogP contribution < -0.4 is 47.3 Å². The fourth-order valence-electron chi connectivity index (χ4n) is 15.1. The summed E-state index contributed by atoms with van der Waals surface area (Å²) in [5.41, 5.74) is 8.43. The highest BCUT2D eigenvalue weighted by molar-refractivity contribution is 5.57. The van der Waals surface area contributed by atoms with Crippen molar-refractivity contribution >= 4 is 47.1 Å². The zero-order chi connectivity index (χ0) is 82.0. The zero-order valence-electron chi connectivity index (χ0n) is 68.0. The molecular weight excluding hydrogens is 1430 g/mol. The van der Waals surface area contributed by atoms with Gasteiger partial charge in [-0.15, -0.1) is 0 Å². The van der Waals surface area contributed by atoms with Crippen molar-refractivity contribution < 1.29 is 30.3 Å². The number of ether oxygens (including phenoxy) is 1. The van der Waals surface area contributed by atoms with Crippen molar-refractivity contribution in [2.75, 3.05) is 75.8 Å². The Bertz CT molecular complexity index is 4610. The molecule has 4 aliphatic carbocycles. The molecule has 4 fully saturated rings. The van der Waals surface area contributed by atoms with E-state index in [9.17, 15) is 46.6 Å². The molecule has 12 rings (SSSR count). The van der Waals surface area contributed by atoms with Crippen molar-refractivity contribution in [3.63, 3.8) is 0 Å². The van der Waals surface area contributed by atoms with Gasteiger partial charge in [-0.2, -0.15) is 41.0 Å². The molecule has 13 N–H and O–H groups in total. The van der Waals surface area contributed by atoms with Crippen molar-refractivity contribution in [3.05, 3.63) is 177 Å². The third-order valence-electron chi connectivity index (χ3n) is 22.2. The van der Waals surface area contributed by atoms with Crippen molar-refractivity contribution in [2.24, 2.45) is 21.7 Å². The van der Waals surface area contributed by atoms with Crippen LogP contribution in [0.3, 0.4) is 0 Å². The van der Waals surface area contributed by atoms with Gasteiger partial charge in [0.15, 0.2) is 0 Å². The SMILES string of the molecule is CC1(C)C[C@H](Nc2nc(NCCc3ccc(O)cc3)ncc2C#N)CC[C@@H]1O.CCc1cccc(CCNc2ncc(C#N)c(N[C@@H]3CC[C@H](O)C(C)(C)C3)n2)c1.COc1ccccc1CCNc1ncc(C#N)c(N[C@@H]2CC[C@H](O)C(C)(C)C2)n1.Cc1cccc(CCNc2ncc(C#N)c(N[C@@H]3CC[C@H](O)C(C)(C)C3)n2)c1. The zero-order valence-corrected chi connectivity index (χ0v) is 68.0. The summed E-state index contributed by atoms with van der Waals surface area (Å²) in [4.78, 5) is 35.1. The summed E-state index contributed by atoms with van der Waals surface area (Å²) in [6, 6.07) is 41.3. The number of aromatic hydroxyl groups is 1. The maximum Gasteiger partial charge on any atom is 0.224 e. The van der Waals surface area contributed by atoms with Gasteiger partial charge in [-0.25, -0.2) is 19.9 Å². The number of benzene rings is 4. The van der Waals surface area contributed by atoms with Crippen molar-refractivity contribution in [1.29, 1.82) is 21.0 Å². The van der Waals surface area contributed by atoms with Crippen LogP contribution in [0.25, 0.3) is 0 Å². The number of nitrogens with one attached hydrogen (secondary N) is 8. The van der Waals surface area contributed by atoms with Crippen LogP contribution in [-0.4, -0.2) is 147 Å². The largest absolute Gasteiger partial charge is 0.508 e. The summed E-state index contributed by atoms with van der Waals surface area (Å²) in [6.07, 6.45) is 19.0. The van der Waals surface area contributed by atoms with Gasteiger partial charge in [-0.1, -0.05) is 147 Å². The molecule has 8 aromatic rings. The van der Waals surface area contributed by atoms with E-state index in [4.69, 9.17) is 4.74 Å². The Morgan fingerprint density at radius 2 is 0.728 bits per heavy atom. The average Bonchev–Trinajstić information content (AvgIpc) is 0.827. The molecule has 0 aliphatic heterocycles. The summed E-state index contributed by atoms with van der Waals surface area (Å²) in [7, 11) is 1.67. The summed E-state index contributed by atoms with van der Waals surface area (Å²) < 4.78 is 5.38. The Hall–Kier alpha value is -11.0. The second-order valence-electron chi connectivity index (χ2n) is 33.1. The Balaban J connectivity index is 0.000000174. The van der Waals surface area contributed by atoms with Gasteiger partial charge in [0, 0.05) is 50.3 Å². The van der Waals surface area contributed by atoms with E-state index in [1.165, 1.54) is 28.5 Å². The van der Waals surface area contributed by atoms with E-state index in [0.717, 1.165) is 139 Å². The third-order valence-corrected chi connectivity index (χ3v) is 22.2. The molecule has 0 bridgehead atoms. The van der Waals surface area contributed by atoms with Gasteiger partial charge in [0.2, 0.25) is 23.8 Å². The van der Waals surface area contributed by atoms with Crippen LogP contribution in [0.5, 0.6) is 11.5 Å². The van der Waals surface area contributed by atoms with E-state index in [0.29, 0.717) is 82.4 Å². The molecule has 4 aliphatic rings. The quantitative estimate of drug-likeness (QED) is 0.0239. The van der Waals surface area contributed by atoms with Gasteiger partial charge in [0.05, 0.1) is 56.3 Å². The molecule has 8 atom stereocenters. The molecule has 0 unspecified atom stereocenters. The lowest BCUT2D eigenvalue weighted by molar-refractivity contribution is 0.00924. The number of aromatic nitrogens is 8. The lowest BCUT2D eigenvalue weighted by atomic mass is 9.73. The minimum Gasteiger partial charge on any atom is -0.508 e. The first-order valence-corrected chi connectivity index (χ1v) is 39.9. The molecule has 26 nitrogen and oxygen atoms in total. The minimum atomic E-state index is -0.302. The maximum absolute atomic E-state index is 10.2. The monoisotopic (exact) mass is 1550 g/mol. The van der Waals surface area contributed by atoms with Gasteiger partial charge in [0.25, 0.3) is 0 Å². The van der Waals surface area contributed by atoms with Gasteiger partial charge < -0.3 is 72.8 Å². The molecule has 0 amide bonds. The smallest absolute Gasteiger partial charge is 0.224 e. The van der Waals surface area contributed by atoms with Crippen LogP contribution in [0.1, 0.15) is 195 Å². The first-order valence-electron chi connectivity index (χ1n) is 39.9. The second kappa shape index (κ2) is 41.2. The van der Waals surface area contributed by atoms with Crippen molar-refractivity contribution in [2.45, 2.75) is 227 Å². The molecule has 604 valence electrons. The summed E-state index contributed by atoms with van der Waals surface area (Å²) in [5, 5.41) is 114. The number of methoxy groups -OCH3 is 1. The Kier molecular flexibility index (Phi) is 31.4. The number of para-hydroxylation sites is 1. The number of anilines is 8. The minimum absolute atomic E-state index is 0.148. The van der Waals surface area contributed by atoms with E-state index < -0.39 is 0 Å². The molecule has 114 heavy (non-hydrogen) atoms. The molecule has 4 saturated carbocycles. The maximum atomic E-state index is 10.2. The first kappa shape index (κ1) is 87.0. The van der Waals surface area contributed by atoms with Crippen LogP contribution in [0.2, 0.25) is 0 Å². The Morgan fingerprint density at radius 1 is 0.404 bits per heavy atom. The highest BCUT2D eigenvalue weighted by Gasteiger charge is 2.40. The van der Waals surface area contributed by atoms with E-state index in [2.05, 4.69) is 224 Å². The molecule has 0 spiro atoms. The molecule has 4 aromatic heterocycles. The summed E-state index contributed by atoms with van der Waals surface area (Å²) in [5.74, 6) is 5.30. The summed E-state index contributed by atoms with van der Waals surface area (Å²) >= 11 is 0. The number of phenols is 1. The normalized spacial score (nSPS) is 20.8. The van der Waals surface area contributed by atoms with Gasteiger partial charge in [-0.3, -0.25) is 0 Å². The van der Waals surface area contributed by atoms with Crippen LogP contribution >= 0.6 is 0 Å². The fourth-order valence-corrected chi connectivity index (χ4v) is 15.1. The van der Waals surface area contributed by atoms with Crippen LogP contribution in [-0.2, 0) is 32.1 Å². The molecule has 0 saturated heterocycles. The average molecular weight is 1550 g/mol. The molecule has 0 radical (unpaired) electrons. The van der Waals surface area contributed by atoms with Crippen LogP contribution in [0.4, 0.5) is 47.1 Å². The van der Waals surface area contributed by atoms with Gasteiger partial charge in [0.1, 0.15) is 81.3 Å². The number of phenolic OH excluding ortho intramolecular Hbond substituents is 1. The number of hydrogen-bond donors (Lipinski definition) is 13. The number of rotatable bonds is 26. The molecule has 4 aromatic carbocycles. The van der Waals surface area contributed by atoms with Gasteiger partial charge >= 0.3 is 0 Å². The third kappa shape index (κ3) is 25.8. The van der Waals surface area contributed by atoms with E-state index in [1.54, 1.807) is 37.8 Å². The number of aliphatic hydroxyl groups excluding tert-OH is 4. The lowest BCUT2D eigenvalue weighted by Gasteiger charge is -2.40. The molecule has 4 heterocycles. The highest BCUT2D eigenvalue weighted by atomic mass is 16.5. The van der Waals surface area contributed by atoms with Crippen molar-refractivity contribution in [1.82, 2.24) is 39.9 Å². The van der Waals surface area contributed by atoms with E-state index in [-0.39, 0.29) is 76.0 Å². The highest BCUT2D eigenvalue weighted by Crippen LogP contribution is 2.41. The van der Waals surface area contributed by atoms with Crippen molar-refractivity contribution in [3.8, 4) is 35.8 Å². The summed E-state index contributed by atoms with van der Waals surface area (Å²) in [6.45, 7) is 23.6. The number of aliphatic hydroxyl groups is 4. The van der Waals surface area contributed by atoms with Gasteiger partial charge in [-0.05, 0) is 184 Å². The van der Waals surface area contributed by atoms with Crippen LogP contribution in [0.15, 0.2) is 122 Å². The predicted octanol–water partition coefficient (Wildman–Crippen LogP) is 14.0. The molecule has 26 heteroatoms. The number of hydrogen-bond acceptors (Lipinski definition) is 26. The standard InChI is InChI=1S/C23H31N5O.C22H29N5O2.C22H29N5O.C21H27N5O2/c1-4-16-6-5-7-17(12-16)10-11-25-22-26-15-18(14-24)21(28-22)27-19-8-9-20(29)23(2,3)13-19;1-22(2)12-17(8-9-19(22)28)26-20-16(13-23)14-25-21(27-20)24-11-10-15-6-4-5-7-18(15)29-3;1-15-5-4-6-16(11-15)9-10-24-21-25-14-17(13-23)20(27-21)26-18-7-8-19(28)22(2,3)12-18;1-21(2)11-16(5-8-18(21)28)25-19-15(12-22)13-24-20(26-19)23-10-9-14-3-6-17(27)7-4-14/h5-7,12,15,19-20,29H,4,8-11,13H2,1-3H3,(H2,25,26,27,28);4-7,14,17,19,28H,8-12H2,1-3H3,(H2,24,25,26,27);4-6,11,14,18-19,28H,7-10,12H2,1-3H3,(H2,24,25,26,27);3-4,6-7,13,16,18,27-28H,5,8-11H2,1-2H3,(H2,23,24,25,26)/t19-,20+;17-,19+;18-,19+;16-,18+/m1111/s1. The topological polar surface area (TPSA) is 405 Å². The predicted molar refractivity (Wildman–Crippen MR) is 448 cm³/mol. The van der Waals surface area contributed by atoms with Crippen LogP contribution in [0, 0.1) is 73.9 Å². The second-order valence-corrected chi connectivity index (χ2v) is 33.1. The van der Waals surface area contributed by atoms with E-state index in [1.807, 2.05) is 36.4 Å². The number of nitriles is 4. The number of aryl methyl sites for hydroxylation is 2. The first-order chi connectivity index (χ1) is 54.6. The fraction of sp³-hybridized carbons (Fsp3) is 0.500.